The molecule has 2 N–H and O–H groups in total. The second-order valence-corrected chi connectivity index (χ2v) is 6.12. The van der Waals surface area contributed by atoms with Crippen LogP contribution in [0.3, 0.4) is 0 Å². The summed E-state index contributed by atoms with van der Waals surface area (Å²) in [4.78, 5) is 14.4. The van der Waals surface area contributed by atoms with Crippen LogP contribution in [-0.4, -0.2) is 51.3 Å². The fourth-order valence-corrected chi connectivity index (χ4v) is 3.03. The van der Waals surface area contributed by atoms with E-state index in [4.69, 9.17) is 15.2 Å². The Balaban J connectivity index is 0.00000338. The number of ether oxygens (including phenoxy) is 3. The van der Waals surface area contributed by atoms with Crippen molar-refractivity contribution in [1.29, 1.82) is 0 Å². The molecule has 26 heavy (non-hydrogen) atoms. The summed E-state index contributed by atoms with van der Waals surface area (Å²) in [5.41, 5.74) is 5.90. The van der Waals surface area contributed by atoms with E-state index in [-0.39, 0.29) is 42.9 Å². The van der Waals surface area contributed by atoms with Crippen molar-refractivity contribution >= 4 is 18.3 Å². The second kappa shape index (κ2) is 9.89. The SMILES string of the molecule is COc1ccc(CN(C)C(=O)C2(CN)CCOCC2)cc1OC(F)F.Cl. The molecule has 0 radical (unpaired) electrons. The molecule has 0 atom stereocenters. The van der Waals surface area contributed by atoms with E-state index in [1.165, 1.54) is 13.2 Å². The summed E-state index contributed by atoms with van der Waals surface area (Å²) in [6, 6.07) is 4.70. The molecular formula is C17H25ClF2N2O4. The Morgan fingerprint density at radius 1 is 1.35 bits per heavy atom. The van der Waals surface area contributed by atoms with Crippen LogP contribution < -0.4 is 15.2 Å². The number of amides is 1. The van der Waals surface area contributed by atoms with Gasteiger partial charge in [0.1, 0.15) is 0 Å². The van der Waals surface area contributed by atoms with E-state index < -0.39 is 12.0 Å². The molecule has 0 unspecified atom stereocenters. The first-order valence-corrected chi connectivity index (χ1v) is 8.07. The second-order valence-electron chi connectivity index (χ2n) is 6.12. The van der Waals surface area contributed by atoms with E-state index in [1.54, 1.807) is 24.1 Å². The van der Waals surface area contributed by atoms with Gasteiger partial charge in [-0.05, 0) is 30.5 Å². The molecule has 0 aliphatic carbocycles. The van der Waals surface area contributed by atoms with Gasteiger partial charge in [-0.3, -0.25) is 4.79 Å². The average molecular weight is 395 g/mol. The van der Waals surface area contributed by atoms with Crippen LogP contribution in [0.5, 0.6) is 11.5 Å². The molecule has 1 aromatic carbocycles. The predicted octanol–water partition coefficient (Wildman–Crippen LogP) is 2.43. The molecule has 2 rings (SSSR count). The number of halogens is 3. The highest BCUT2D eigenvalue weighted by Crippen LogP contribution is 2.33. The minimum Gasteiger partial charge on any atom is -0.493 e. The van der Waals surface area contributed by atoms with E-state index >= 15 is 0 Å². The van der Waals surface area contributed by atoms with Crippen molar-refractivity contribution in [3.05, 3.63) is 23.8 Å². The molecule has 1 saturated heterocycles. The van der Waals surface area contributed by atoms with E-state index in [0.29, 0.717) is 31.6 Å². The number of rotatable bonds is 7. The fourth-order valence-electron chi connectivity index (χ4n) is 3.03. The minimum absolute atomic E-state index is 0. The Bertz CT molecular complexity index is 598. The van der Waals surface area contributed by atoms with Crippen LogP contribution in [0.25, 0.3) is 0 Å². The first-order valence-electron chi connectivity index (χ1n) is 8.07. The Labute approximate surface area is 158 Å². The van der Waals surface area contributed by atoms with Crippen LogP contribution in [0.2, 0.25) is 0 Å². The van der Waals surface area contributed by atoms with Crippen LogP contribution in [0.1, 0.15) is 18.4 Å². The number of alkyl halides is 2. The summed E-state index contributed by atoms with van der Waals surface area (Å²) in [7, 11) is 3.05. The summed E-state index contributed by atoms with van der Waals surface area (Å²) in [6.45, 7) is -1.43. The lowest BCUT2D eigenvalue weighted by Gasteiger charge is -2.37. The quantitative estimate of drug-likeness (QED) is 0.768. The largest absolute Gasteiger partial charge is 0.493 e. The summed E-state index contributed by atoms with van der Waals surface area (Å²) in [6.07, 6.45) is 1.16. The zero-order chi connectivity index (χ0) is 18.4. The molecule has 0 spiro atoms. The number of carbonyl (C=O) groups is 1. The first kappa shape index (κ1) is 22.4. The molecule has 6 nitrogen and oxygen atoms in total. The third-order valence-electron chi connectivity index (χ3n) is 4.50. The van der Waals surface area contributed by atoms with Crippen LogP contribution in [-0.2, 0) is 16.1 Å². The van der Waals surface area contributed by atoms with Crippen molar-refractivity contribution in [1.82, 2.24) is 4.90 Å². The molecule has 1 amide bonds. The van der Waals surface area contributed by atoms with Gasteiger partial charge >= 0.3 is 6.61 Å². The Morgan fingerprint density at radius 3 is 2.54 bits per heavy atom. The first-order chi connectivity index (χ1) is 11.9. The third kappa shape index (κ3) is 5.18. The summed E-state index contributed by atoms with van der Waals surface area (Å²) >= 11 is 0. The maximum absolute atomic E-state index is 12.9. The van der Waals surface area contributed by atoms with Gasteiger partial charge in [0.2, 0.25) is 5.91 Å². The Kier molecular flexibility index (Phi) is 8.52. The van der Waals surface area contributed by atoms with Crippen LogP contribution in [0.15, 0.2) is 18.2 Å². The fraction of sp³-hybridized carbons (Fsp3) is 0.588. The predicted molar refractivity (Wildman–Crippen MR) is 94.9 cm³/mol. The van der Waals surface area contributed by atoms with E-state index in [9.17, 15) is 13.6 Å². The summed E-state index contributed by atoms with van der Waals surface area (Å²) in [5, 5.41) is 0. The number of carbonyl (C=O) groups excluding carboxylic acids is 1. The molecule has 1 aliphatic rings. The maximum atomic E-state index is 12.9. The highest BCUT2D eigenvalue weighted by Gasteiger charge is 2.40. The monoisotopic (exact) mass is 394 g/mol. The lowest BCUT2D eigenvalue weighted by Crippen LogP contribution is -2.49. The van der Waals surface area contributed by atoms with Gasteiger partial charge < -0.3 is 24.8 Å². The van der Waals surface area contributed by atoms with Crippen molar-refractivity contribution < 1.29 is 27.8 Å². The lowest BCUT2D eigenvalue weighted by molar-refractivity contribution is -0.146. The molecule has 0 saturated carbocycles. The number of hydrogen-bond acceptors (Lipinski definition) is 5. The van der Waals surface area contributed by atoms with Crippen molar-refractivity contribution in [2.75, 3.05) is 33.9 Å². The molecule has 0 aromatic heterocycles. The van der Waals surface area contributed by atoms with E-state index in [0.717, 1.165) is 0 Å². The standard InChI is InChI=1S/C17H24F2N2O4.ClH/c1-21(15(22)17(11-20)5-7-24-8-6-17)10-12-3-4-13(23-2)14(9-12)25-16(18)19;/h3-4,9,16H,5-8,10-11,20H2,1-2H3;1H. The lowest BCUT2D eigenvalue weighted by atomic mass is 9.79. The minimum atomic E-state index is -2.95. The molecule has 1 aliphatic heterocycles. The van der Waals surface area contributed by atoms with Gasteiger partial charge in [-0.1, -0.05) is 6.07 Å². The van der Waals surface area contributed by atoms with E-state index in [1.807, 2.05) is 0 Å². The highest BCUT2D eigenvalue weighted by atomic mass is 35.5. The Morgan fingerprint density at radius 2 is 2.00 bits per heavy atom. The summed E-state index contributed by atoms with van der Waals surface area (Å²) in [5.74, 6) is 0.0850. The van der Waals surface area contributed by atoms with Crippen LogP contribution in [0.4, 0.5) is 8.78 Å². The molecule has 148 valence electrons. The zero-order valence-corrected chi connectivity index (χ0v) is 15.7. The van der Waals surface area contributed by atoms with Crippen molar-refractivity contribution in [3.63, 3.8) is 0 Å². The molecule has 1 aromatic rings. The van der Waals surface area contributed by atoms with Gasteiger partial charge in [0.25, 0.3) is 0 Å². The maximum Gasteiger partial charge on any atom is 0.387 e. The normalized spacial score (nSPS) is 15.9. The third-order valence-corrected chi connectivity index (χ3v) is 4.50. The summed E-state index contributed by atoms with van der Waals surface area (Å²) < 4.78 is 39.9. The molecule has 9 heteroatoms. The number of benzene rings is 1. The van der Waals surface area contributed by atoms with Crippen molar-refractivity contribution in [3.8, 4) is 11.5 Å². The van der Waals surface area contributed by atoms with Gasteiger partial charge in [-0.15, -0.1) is 12.4 Å². The van der Waals surface area contributed by atoms with Gasteiger partial charge in [-0.25, -0.2) is 0 Å². The van der Waals surface area contributed by atoms with Crippen LogP contribution >= 0.6 is 12.4 Å². The van der Waals surface area contributed by atoms with Gasteiger partial charge in [0, 0.05) is 33.4 Å². The van der Waals surface area contributed by atoms with Gasteiger partial charge in [-0.2, -0.15) is 8.78 Å². The van der Waals surface area contributed by atoms with Gasteiger partial charge in [0.05, 0.1) is 12.5 Å². The molecule has 1 heterocycles. The number of hydrogen-bond donors (Lipinski definition) is 1. The number of methoxy groups -OCH3 is 1. The topological polar surface area (TPSA) is 74.0 Å². The zero-order valence-electron chi connectivity index (χ0n) is 14.9. The smallest absolute Gasteiger partial charge is 0.387 e. The van der Waals surface area contributed by atoms with Crippen molar-refractivity contribution in [2.45, 2.75) is 26.0 Å². The average Bonchev–Trinajstić information content (AvgIpc) is 2.61. The van der Waals surface area contributed by atoms with E-state index in [2.05, 4.69) is 4.74 Å². The van der Waals surface area contributed by atoms with Crippen molar-refractivity contribution in [2.24, 2.45) is 11.1 Å². The number of nitrogens with zero attached hydrogens (tertiary/aromatic N) is 1. The molecular weight excluding hydrogens is 370 g/mol. The van der Waals surface area contributed by atoms with Crippen LogP contribution in [0, 0.1) is 5.41 Å². The van der Waals surface area contributed by atoms with Gasteiger partial charge in [0.15, 0.2) is 11.5 Å². The Hall–Kier alpha value is -1.64. The highest BCUT2D eigenvalue weighted by molar-refractivity contribution is 5.85. The number of nitrogens with two attached hydrogens (primary N) is 1. The molecule has 1 fully saturated rings. The molecule has 0 bridgehead atoms.